The van der Waals surface area contributed by atoms with E-state index in [-0.39, 0.29) is 30.9 Å². The number of nitrogens with zero attached hydrogens (tertiary/aromatic N) is 3. The molecule has 0 bridgehead atoms. The molecule has 3 aliphatic rings. The Bertz CT molecular complexity index is 800. The van der Waals surface area contributed by atoms with Crippen LogP contribution in [0.1, 0.15) is 42.5 Å². The largest absolute Gasteiger partial charge is 0.482 e. The number of fused-ring (bicyclic) bond motifs is 1. The van der Waals surface area contributed by atoms with Crippen molar-refractivity contribution in [3.63, 3.8) is 0 Å². The lowest BCUT2D eigenvalue weighted by molar-refractivity contribution is -0.131. The van der Waals surface area contributed by atoms with Crippen molar-refractivity contribution in [1.82, 2.24) is 15.1 Å². The monoisotopic (exact) mass is 414 g/mol. The summed E-state index contributed by atoms with van der Waals surface area (Å²) in [6.07, 6.45) is 5.44. The molecule has 0 aliphatic carbocycles. The van der Waals surface area contributed by atoms with Gasteiger partial charge in [-0.2, -0.15) is 0 Å². The van der Waals surface area contributed by atoms with Crippen LogP contribution in [0.15, 0.2) is 18.2 Å². The van der Waals surface area contributed by atoms with Crippen molar-refractivity contribution in [2.75, 3.05) is 57.3 Å². The van der Waals surface area contributed by atoms with Crippen LogP contribution in [-0.4, -0.2) is 79.9 Å². The van der Waals surface area contributed by atoms with Gasteiger partial charge in [-0.1, -0.05) is 0 Å². The van der Waals surface area contributed by atoms with Crippen LogP contribution in [0.3, 0.4) is 0 Å². The van der Waals surface area contributed by atoms with Crippen LogP contribution in [0.25, 0.3) is 0 Å². The Morgan fingerprint density at radius 2 is 1.77 bits per heavy atom. The molecule has 3 amide bonds. The molecule has 4 rings (SSSR count). The molecule has 8 heteroatoms. The lowest BCUT2D eigenvalue weighted by atomic mass is 10.1. The average Bonchev–Trinajstić information content (AvgIpc) is 3.47. The van der Waals surface area contributed by atoms with Crippen LogP contribution in [-0.2, 0) is 9.59 Å². The fraction of sp³-hybridized carbons (Fsp3) is 0.591. The minimum Gasteiger partial charge on any atom is -0.482 e. The third-order valence-corrected chi connectivity index (χ3v) is 6.05. The van der Waals surface area contributed by atoms with Gasteiger partial charge in [-0.15, -0.1) is 0 Å². The Balaban J connectivity index is 1.38. The van der Waals surface area contributed by atoms with E-state index in [0.717, 1.165) is 52.0 Å². The first-order valence-electron chi connectivity index (χ1n) is 11.0. The van der Waals surface area contributed by atoms with Crippen molar-refractivity contribution in [1.29, 1.82) is 0 Å². The fourth-order valence-electron chi connectivity index (χ4n) is 4.33. The van der Waals surface area contributed by atoms with E-state index in [1.165, 1.54) is 17.7 Å². The molecule has 1 N–H and O–H groups in total. The third-order valence-electron chi connectivity index (χ3n) is 6.05. The topological polar surface area (TPSA) is 82.2 Å². The number of carbonyl (C=O) groups is 3. The number of carbonyl (C=O) groups excluding carboxylic acids is 3. The molecule has 2 fully saturated rings. The van der Waals surface area contributed by atoms with Crippen LogP contribution in [0, 0.1) is 0 Å². The molecule has 1 aromatic carbocycles. The molecule has 0 saturated carbocycles. The minimum absolute atomic E-state index is 0.0178. The summed E-state index contributed by atoms with van der Waals surface area (Å²) in [5, 5.41) is 2.96. The van der Waals surface area contributed by atoms with Gasteiger partial charge in [0.15, 0.2) is 6.61 Å². The van der Waals surface area contributed by atoms with Crippen molar-refractivity contribution >= 4 is 23.4 Å². The molecule has 0 spiro atoms. The predicted octanol–water partition coefficient (Wildman–Crippen LogP) is 1.25. The maximum atomic E-state index is 12.6. The molecular formula is C22H30N4O4. The Labute approximate surface area is 177 Å². The molecule has 0 radical (unpaired) electrons. The standard InChI is InChI=1S/C22H30N4O4/c27-20(25-12-3-4-13-25)15-26-18-14-17(6-7-19(18)30-16-21(26)28)22(29)23-8-5-11-24-9-1-2-10-24/h6-7,14H,1-5,8-13,15-16H2,(H,23,29). The Hall–Kier alpha value is -2.61. The Morgan fingerprint density at radius 1 is 1.03 bits per heavy atom. The zero-order valence-corrected chi connectivity index (χ0v) is 17.4. The summed E-state index contributed by atoms with van der Waals surface area (Å²) in [5.74, 6) is 0.0150. The normalized spacial score (nSPS) is 19.0. The van der Waals surface area contributed by atoms with E-state index in [1.807, 2.05) is 0 Å². The van der Waals surface area contributed by atoms with E-state index < -0.39 is 0 Å². The summed E-state index contributed by atoms with van der Waals surface area (Å²) in [5.41, 5.74) is 0.954. The Kier molecular flexibility index (Phi) is 6.52. The van der Waals surface area contributed by atoms with Crippen molar-refractivity contribution in [2.24, 2.45) is 0 Å². The van der Waals surface area contributed by atoms with Gasteiger partial charge >= 0.3 is 0 Å². The van der Waals surface area contributed by atoms with Crippen LogP contribution in [0.5, 0.6) is 5.75 Å². The fourth-order valence-corrected chi connectivity index (χ4v) is 4.33. The van der Waals surface area contributed by atoms with Crippen molar-refractivity contribution < 1.29 is 19.1 Å². The van der Waals surface area contributed by atoms with Gasteiger partial charge in [0.1, 0.15) is 12.3 Å². The summed E-state index contributed by atoms with van der Waals surface area (Å²) >= 11 is 0. The summed E-state index contributed by atoms with van der Waals surface area (Å²) in [7, 11) is 0. The molecule has 0 unspecified atom stereocenters. The van der Waals surface area contributed by atoms with E-state index in [1.54, 1.807) is 23.1 Å². The van der Waals surface area contributed by atoms with Gasteiger partial charge in [0.25, 0.3) is 11.8 Å². The number of ether oxygens (including phenoxy) is 1. The van der Waals surface area contributed by atoms with E-state index in [9.17, 15) is 14.4 Å². The molecule has 2 saturated heterocycles. The van der Waals surface area contributed by atoms with Gasteiger partial charge in [0.2, 0.25) is 5.91 Å². The molecule has 30 heavy (non-hydrogen) atoms. The van der Waals surface area contributed by atoms with Gasteiger partial charge in [0.05, 0.1) is 5.69 Å². The predicted molar refractivity (Wildman–Crippen MR) is 113 cm³/mol. The molecule has 0 atom stereocenters. The molecule has 8 nitrogen and oxygen atoms in total. The first-order valence-corrected chi connectivity index (χ1v) is 11.0. The number of anilines is 1. The van der Waals surface area contributed by atoms with Crippen molar-refractivity contribution in [3.05, 3.63) is 23.8 Å². The summed E-state index contributed by atoms with van der Waals surface area (Å²) in [6, 6.07) is 5.05. The highest BCUT2D eigenvalue weighted by molar-refractivity contribution is 6.04. The first-order chi connectivity index (χ1) is 14.6. The Morgan fingerprint density at radius 3 is 2.53 bits per heavy atom. The number of benzene rings is 1. The number of nitrogens with one attached hydrogen (secondary N) is 1. The highest BCUT2D eigenvalue weighted by Crippen LogP contribution is 2.33. The minimum atomic E-state index is -0.266. The summed E-state index contributed by atoms with van der Waals surface area (Å²) < 4.78 is 5.51. The molecular weight excluding hydrogens is 384 g/mol. The summed E-state index contributed by atoms with van der Waals surface area (Å²) in [6.45, 7) is 5.28. The molecule has 0 aromatic heterocycles. The second-order valence-corrected chi connectivity index (χ2v) is 8.20. The lowest BCUT2D eigenvalue weighted by Gasteiger charge is -2.30. The maximum Gasteiger partial charge on any atom is 0.265 e. The van der Waals surface area contributed by atoms with Gasteiger partial charge < -0.3 is 19.9 Å². The average molecular weight is 415 g/mol. The second-order valence-electron chi connectivity index (χ2n) is 8.20. The van der Waals surface area contributed by atoms with Crippen LogP contribution < -0.4 is 15.0 Å². The molecule has 3 aliphatic heterocycles. The van der Waals surface area contributed by atoms with Crippen LogP contribution in [0.2, 0.25) is 0 Å². The van der Waals surface area contributed by atoms with E-state index in [0.29, 0.717) is 23.5 Å². The van der Waals surface area contributed by atoms with Gasteiger partial charge in [-0.05, 0) is 69.9 Å². The molecule has 1 aromatic rings. The zero-order valence-electron chi connectivity index (χ0n) is 17.4. The third kappa shape index (κ3) is 4.75. The smallest absolute Gasteiger partial charge is 0.265 e. The van der Waals surface area contributed by atoms with Crippen molar-refractivity contribution in [3.8, 4) is 5.75 Å². The van der Waals surface area contributed by atoms with E-state index in [4.69, 9.17) is 4.74 Å². The number of amides is 3. The van der Waals surface area contributed by atoms with E-state index >= 15 is 0 Å². The second kappa shape index (κ2) is 9.47. The van der Waals surface area contributed by atoms with Crippen LogP contribution in [0.4, 0.5) is 5.69 Å². The SMILES string of the molecule is O=C(NCCCN1CCCC1)c1ccc2c(c1)N(CC(=O)N1CCCC1)C(=O)CO2. The van der Waals surface area contributed by atoms with Gasteiger partial charge in [-0.25, -0.2) is 0 Å². The number of hydrogen-bond donors (Lipinski definition) is 1. The number of rotatable bonds is 7. The highest BCUT2D eigenvalue weighted by Gasteiger charge is 2.30. The number of hydrogen-bond acceptors (Lipinski definition) is 5. The van der Waals surface area contributed by atoms with Gasteiger partial charge in [0, 0.05) is 25.2 Å². The zero-order chi connectivity index (χ0) is 20.9. The van der Waals surface area contributed by atoms with Gasteiger partial charge in [-0.3, -0.25) is 19.3 Å². The quantitative estimate of drug-likeness (QED) is 0.679. The molecule has 3 heterocycles. The van der Waals surface area contributed by atoms with Crippen molar-refractivity contribution in [2.45, 2.75) is 32.1 Å². The number of likely N-dealkylation sites (tertiary alicyclic amines) is 2. The molecule has 162 valence electrons. The van der Waals surface area contributed by atoms with Crippen LogP contribution >= 0.6 is 0 Å². The lowest BCUT2D eigenvalue weighted by Crippen LogP contribution is -2.46. The summed E-state index contributed by atoms with van der Waals surface area (Å²) in [4.78, 5) is 43.3. The highest BCUT2D eigenvalue weighted by atomic mass is 16.5. The van der Waals surface area contributed by atoms with E-state index in [2.05, 4.69) is 10.2 Å². The first kappa shape index (κ1) is 20.7. The maximum absolute atomic E-state index is 12.6.